The molecule has 3 heterocycles. The van der Waals surface area contributed by atoms with E-state index in [4.69, 9.17) is 20.7 Å². The van der Waals surface area contributed by atoms with Gasteiger partial charge in [-0.25, -0.2) is 18.8 Å². The molecular weight excluding hydrogens is 593 g/mol. The van der Waals surface area contributed by atoms with Crippen molar-refractivity contribution in [2.75, 3.05) is 23.8 Å². The minimum atomic E-state index is -0.771. The molecular formula is C28H41Cl3F2N8. The van der Waals surface area contributed by atoms with Crippen LogP contribution in [0.25, 0.3) is 11.2 Å². The molecule has 2 aliphatic carbocycles. The minimum absolute atomic E-state index is 0. The van der Waals surface area contributed by atoms with Crippen LogP contribution in [0.2, 0.25) is 0 Å². The zero-order chi connectivity index (χ0) is 26.1. The molecule has 3 aliphatic rings. The van der Waals surface area contributed by atoms with Crippen LogP contribution in [0.3, 0.4) is 0 Å². The highest BCUT2D eigenvalue weighted by Gasteiger charge is 2.26. The highest BCUT2D eigenvalue weighted by Crippen LogP contribution is 2.34. The van der Waals surface area contributed by atoms with Gasteiger partial charge in [0.05, 0.1) is 6.33 Å². The topological polar surface area (TPSA) is 96.9 Å². The molecule has 2 saturated carbocycles. The Morgan fingerprint density at radius 3 is 2.32 bits per heavy atom. The summed E-state index contributed by atoms with van der Waals surface area (Å²) in [6.07, 6.45) is 13.1. The summed E-state index contributed by atoms with van der Waals surface area (Å²) < 4.78 is 30.0. The van der Waals surface area contributed by atoms with E-state index in [0.29, 0.717) is 35.9 Å². The second-order valence-electron chi connectivity index (χ2n) is 11.4. The van der Waals surface area contributed by atoms with Crippen LogP contribution in [0.5, 0.6) is 0 Å². The van der Waals surface area contributed by atoms with E-state index in [1.54, 1.807) is 12.1 Å². The van der Waals surface area contributed by atoms with Crippen molar-refractivity contribution >= 4 is 60.2 Å². The van der Waals surface area contributed by atoms with Gasteiger partial charge < -0.3 is 21.0 Å². The molecule has 2 aromatic heterocycles. The molecule has 4 N–H and O–H groups in total. The Balaban J connectivity index is 0.00000154. The van der Waals surface area contributed by atoms with Gasteiger partial charge in [0, 0.05) is 31.2 Å². The van der Waals surface area contributed by atoms with Gasteiger partial charge in [0.1, 0.15) is 0 Å². The van der Waals surface area contributed by atoms with Gasteiger partial charge in [0.15, 0.2) is 28.6 Å². The third-order valence-corrected chi connectivity index (χ3v) is 8.66. The Kier molecular flexibility index (Phi) is 12.2. The second kappa shape index (κ2) is 15.0. The average molecular weight is 634 g/mol. The van der Waals surface area contributed by atoms with E-state index in [9.17, 15) is 8.78 Å². The number of nitrogens with zero attached hydrogens (tertiary/aromatic N) is 5. The number of aromatic nitrogens is 4. The molecule has 3 fully saturated rings. The number of fused-ring (bicyclic) bond motifs is 1. The predicted molar refractivity (Wildman–Crippen MR) is 166 cm³/mol. The maximum absolute atomic E-state index is 14.2. The standard InChI is InChI=1S/C28H38F2N8.3ClH/c29-23-7-3-4-19(24(23)30)16-18-12-14-37(15-13-18)36-26-25-27(38(17-32-25)22-5-1-2-6-22)35-28(34-26)33-21-10-8-20(31)9-11-21;;;/h3-4,7,17-18,20-22H,1-2,5-6,8-16,31H2,(H2,33,34,35,36);3*1H. The molecule has 1 aromatic carbocycles. The van der Waals surface area contributed by atoms with Gasteiger partial charge in [0.2, 0.25) is 5.95 Å². The summed E-state index contributed by atoms with van der Waals surface area (Å²) in [6, 6.07) is 5.49. The Labute approximate surface area is 258 Å². The first kappa shape index (κ1) is 33.5. The molecule has 228 valence electrons. The van der Waals surface area contributed by atoms with Crippen molar-refractivity contribution in [3.05, 3.63) is 41.7 Å². The van der Waals surface area contributed by atoms with Crippen molar-refractivity contribution < 1.29 is 8.78 Å². The van der Waals surface area contributed by atoms with Crippen molar-refractivity contribution in [3.8, 4) is 0 Å². The van der Waals surface area contributed by atoms with E-state index in [0.717, 1.165) is 81.4 Å². The van der Waals surface area contributed by atoms with Gasteiger partial charge >= 0.3 is 0 Å². The molecule has 0 spiro atoms. The van der Waals surface area contributed by atoms with Crippen LogP contribution in [0, 0.1) is 17.6 Å². The molecule has 3 aromatic rings. The molecule has 0 amide bonds. The third kappa shape index (κ3) is 7.70. The monoisotopic (exact) mass is 632 g/mol. The van der Waals surface area contributed by atoms with E-state index < -0.39 is 11.6 Å². The highest BCUT2D eigenvalue weighted by molar-refractivity contribution is 5.86. The Bertz CT molecular complexity index is 1260. The van der Waals surface area contributed by atoms with Crippen molar-refractivity contribution in [1.82, 2.24) is 24.5 Å². The number of piperidine rings is 1. The third-order valence-electron chi connectivity index (χ3n) is 8.66. The Hall–Kier alpha value is -1.98. The van der Waals surface area contributed by atoms with Crippen LogP contribution < -0.4 is 16.5 Å². The molecule has 13 heteroatoms. The summed E-state index contributed by atoms with van der Waals surface area (Å²) in [7, 11) is 0. The van der Waals surface area contributed by atoms with E-state index in [-0.39, 0.29) is 43.3 Å². The first-order chi connectivity index (χ1) is 18.5. The van der Waals surface area contributed by atoms with Crippen LogP contribution in [-0.2, 0) is 6.42 Å². The first-order valence-electron chi connectivity index (χ1n) is 14.2. The molecule has 41 heavy (non-hydrogen) atoms. The van der Waals surface area contributed by atoms with E-state index >= 15 is 0 Å². The maximum atomic E-state index is 14.2. The van der Waals surface area contributed by atoms with Crippen LogP contribution in [0.4, 0.5) is 20.5 Å². The summed E-state index contributed by atoms with van der Waals surface area (Å²) in [4.78, 5) is 14.6. The van der Waals surface area contributed by atoms with Gasteiger partial charge in [-0.2, -0.15) is 9.97 Å². The molecule has 1 saturated heterocycles. The Morgan fingerprint density at radius 2 is 1.61 bits per heavy atom. The normalized spacial score (nSPS) is 22.0. The van der Waals surface area contributed by atoms with E-state index in [1.165, 1.54) is 18.9 Å². The number of halogens is 5. The van der Waals surface area contributed by atoms with Crippen LogP contribution in [0.15, 0.2) is 24.5 Å². The number of nitrogens with two attached hydrogens (primary N) is 1. The summed E-state index contributed by atoms with van der Waals surface area (Å²) in [5.74, 6) is 0.181. The number of hydrazine groups is 1. The van der Waals surface area contributed by atoms with Gasteiger partial charge in [-0.05, 0) is 75.3 Å². The lowest BCUT2D eigenvalue weighted by Gasteiger charge is -2.32. The van der Waals surface area contributed by atoms with Gasteiger partial charge in [-0.1, -0.05) is 25.0 Å². The maximum Gasteiger partial charge on any atom is 0.227 e. The Morgan fingerprint density at radius 1 is 0.902 bits per heavy atom. The molecule has 6 rings (SSSR count). The van der Waals surface area contributed by atoms with Crippen molar-refractivity contribution in [2.45, 2.75) is 88.8 Å². The minimum Gasteiger partial charge on any atom is -0.351 e. The van der Waals surface area contributed by atoms with Crippen LogP contribution in [0.1, 0.15) is 75.8 Å². The fraction of sp³-hybridized carbons (Fsp3) is 0.607. The fourth-order valence-electron chi connectivity index (χ4n) is 6.37. The van der Waals surface area contributed by atoms with Gasteiger partial charge in [-0.3, -0.25) is 0 Å². The molecule has 8 nitrogen and oxygen atoms in total. The van der Waals surface area contributed by atoms with E-state index in [2.05, 4.69) is 20.3 Å². The summed E-state index contributed by atoms with van der Waals surface area (Å²) >= 11 is 0. The number of hydrogen-bond donors (Lipinski definition) is 3. The predicted octanol–water partition coefficient (Wildman–Crippen LogP) is 6.45. The zero-order valence-corrected chi connectivity index (χ0v) is 25.6. The van der Waals surface area contributed by atoms with Crippen molar-refractivity contribution in [1.29, 1.82) is 0 Å². The first-order valence-corrected chi connectivity index (χ1v) is 14.2. The molecule has 1 aliphatic heterocycles. The van der Waals surface area contributed by atoms with Crippen molar-refractivity contribution in [3.63, 3.8) is 0 Å². The number of imidazole rings is 1. The SMILES string of the molecule is Cl.Cl.Cl.NC1CCC(Nc2nc(NN3CCC(Cc4cccc(F)c4F)CC3)c3ncn(C4CCCC4)c3n2)CC1. The van der Waals surface area contributed by atoms with Crippen LogP contribution in [-0.4, -0.2) is 49.7 Å². The number of benzene rings is 1. The lowest BCUT2D eigenvalue weighted by atomic mass is 9.90. The molecule has 0 atom stereocenters. The lowest BCUT2D eigenvalue weighted by molar-refractivity contribution is 0.215. The highest BCUT2D eigenvalue weighted by atomic mass is 35.5. The molecule has 0 unspecified atom stereocenters. The molecule has 0 radical (unpaired) electrons. The number of hydrogen-bond acceptors (Lipinski definition) is 7. The number of anilines is 2. The summed E-state index contributed by atoms with van der Waals surface area (Å²) in [5, 5.41) is 5.74. The number of nitrogens with one attached hydrogen (secondary N) is 2. The number of rotatable bonds is 7. The summed E-state index contributed by atoms with van der Waals surface area (Å²) in [6.45, 7) is 1.58. The quantitative estimate of drug-likeness (QED) is 0.275. The smallest absolute Gasteiger partial charge is 0.227 e. The summed E-state index contributed by atoms with van der Waals surface area (Å²) in [5.41, 5.74) is 11.8. The fourth-order valence-corrected chi connectivity index (χ4v) is 6.37. The largest absolute Gasteiger partial charge is 0.351 e. The van der Waals surface area contributed by atoms with E-state index in [1.807, 2.05) is 6.33 Å². The van der Waals surface area contributed by atoms with Crippen LogP contribution >= 0.6 is 37.2 Å². The second-order valence-corrected chi connectivity index (χ2v) is 11.4. The average Bonchev–Trinajstić information content (AvgIpc) is 3.60. The van der Waals surface area contributed by atoms with Gasteiger partial charge in [-0.15, -0.1) is 37.2 Å². The molecule has 0 bridgehead atoms. The zero-order valence-electron chi connectivity index (χ0n) is 23.1. The lowest BCUT2D eigenvalue weighted by Crippen LogP contribution is -2.39. The van der Waals surface area contributed by atoms with Gasteiger partial charge in [0.25, 0.3) is 0 Å². The van der Waals surface area contributed by atoms with Crippen molar-refractivity contribution in [2.24, 2.45) is 11.7 Å².